The van der Waals surface area contributed by atoms with Gasteiger partial charge >= 0.3 is 6.18 Å². The predicted octanol–water partition coefficient (Wildman–Crippen LogP) is 5.50. The van der Waals surface area contributed by atoms with Crippen molar-refractivity contribution >= 4 is 11.6 Å². The van der Waals surface area contributed by atoms with E-state index in [1.54, 1.807) is 0 Å². The van der Waals surface area contributed by atoms with Crippen LogP contribution in [0.15, 0.2) is 66.9 Å². The molecule has 4 rings (SSSR count). The molecular weight excluding hydrogens is 415 g/mol. The zero-order valence-corrected chi connectivity index (χ0v) is 17.7. The van der Waals surface area contributed by atoms with Crippen molar-refractivity contribution in [2.24, 2.45) is 0 Å². The fourth-order valence-electron chi connectivity index (χ4n) is 3.67. The van der Waals surface area contributed by atoms with E-state index in [2.05, 4.69) is 5.32 Å². The minimum Gasteiger partial charge on any atom is -0.352 e. The van der Waals surface area contributed by atoms with Crippen molar-refractivity contribution in [3.63, 3.8) is 0 Å². The average Bonchev–Trinajstić information content (AvgIpc) is 3.10. The number of hydrogen-bond acceptors (Lipinski definition) is 2. The highest BCUT2D eigenvalue weighted by molar-refractivity contribution is 5.81. The molecule has 0 saturated heterocycles. The average molecular weight is 437 g/mol. The highest BCUT2D eigenvalue weighted by Crippen LogP contribution is 2.32. The van der Waals surface area contributed by atoms with E-state index >= 15 is 0 Å². The predicted molar refractivity (Wildman–Crippen MR) is 117 cm³/mol. The Labute approximate surface area is 183 Å². The topological polar surface area (TPSA) is 46.4 Å². The minimum atomic E-state index is -4.47. The van der Waals surface area contributed by atoms with Gasteiger partial charge < -0.3 is 9.72 Å². The number of aromatic nitrogens is 2. The number of nitrogens with zero attached hydrogens (tertiary/aromatic N) is 2. The van der Waals surface area contributed by atoms with E-state index in [1.165, 1.54) is 18.2 Å². The molecule has 0 aliphatic heterocycles. The number of fused-ring (bicyclic) bond motifs is 1. The van der Waals surface area contributed by atoms with Crippen molar-refractivity contribution in [3.8, 4) is 11.3 Å². The van der Waals surface area contributed by atoms with Gasteiger partial charge in [0.15, 0.2) is 0 Å². The summed E-state index contributed by atoms with van der Waals surface area (Å²) >= 11 is 0. The minimum absolute atomic E-state index is 0.0119. The molecule has 0 aliphatic rings. The molecule has 1 amide bonds. The van der Waals surface area contributed by atoms with Gasteiger partial charge in [-0.2, -0.15) is 13.2 Å². The maximum Gasteiger partial charge on any atom is 0.416 e. The van der Waals surface area contributed by atoms with Crippen LogP contribution in [0.2, 0.25) is 0 Å². The molecule has 0 saturated carbocycles. The van der Waals surface area contributed by atoms with Crippen molar-refractivity contribution in [3.05, 3.63) is 94.8 Å². The van der Waals surface area contributed by atoms with Crippen LogP contribution in [0, 0.1) is 13.8 Å². The first-order valence-electron chi connectivity index (χ1n) is 10.2. The number of carbonyl (C=O) groups excluding carboxylic acids is 1. The summed E-state index contributed by atoms with van der Waals surface area (Å²) in [6, 6.07) is 16.9. The summed E-state index contributed by atoms with van der Waals surface area (Å²) in [7, 11) is 0. The summed E-state index contributed by atoms with van der Waals surface area (Å²) in [5, 5.41) is 2.64. The molecule has 0 spiro atoms. The Morgan fingerprint density at radius 2 is 1.66 bits per heavy atom. The number of nitrogens with one attached hydrogen (secondary N) is 1. The highest BCUT2D eigenvalue weighted by Gasteiger charge is 2.32. The van der Waals surface area contributed by atoms with Gasteiger partial charge in [0.1, 0.15) is 5.65 Å². The van der Waals surface area contributed by atoms with Crippen molar-refractivity contribution in [2.75, 3.05) is 0 Å². The maximum atomic E-state index is 13.2. The molecule has 32 heavy (non-hydrogen) atoms. The Morgan fingerprint density at radius 3 is 2.38 bits per heavy atom. The van der Waals surface area contributed by atoms with Crippen LogP contribution < -0.4 is 5.32 Å². The fourth-order valence-corrected chi connectivity index (χ4v) is 3.67. The van der Waals surface area contributed by atoms with Gasteiger partial charge in [0.2, 0.25) is 5.91 Å². The van der Waals surface area contributed by atoms with Gasteiger partial charge in [-0.1, -0.05) is 54.1 Å². The normalized spacial score (nSPS) is 11.7. The second kappa shape index (κ2) is 8.49. The molecular formula is C25H22F3N3O. The third kappa shape index (κ3) is 4.51. The second-order valence-corrected chi connectivity index (χ2v) is 7.82. The summed E-state index contributed by atoms with van der Waals surface area (Å²) in [5.74, 6) is -0.376. The lowest BCUT2D eigenvalue weighted by atomic mass is 10.1. The van der Waals surface area contributed by atoms with Gasteiger partial charge in [0.25, 0.3) is 0 Å². The Morgan fingerprint density at radius 1 is 0.969 bits per heavy atom. The highest BCUT2D eigenvalue weighted by atomic mass is 19.4. The molecule has 2 aromatic heterocycles. The summed E-state index contributed by atoms with van der Waals surface area (Å²) in [6.45, 7) is 3.73. The first-order chi connectivity index (χ1) is 15.2. The van der Waals surface area contributed by atoms with Crippen molar-refractivity contribution in [2.45, 2.75) is 33.0 Å². The van der Waals surface area contributed by atoms with Crippen molar-refractivity contribution in [1.82, 2.24) is 14.7 Å². The molecule has 4 aromatic rings. The Balaban J connectivity index is 1.63. The number of carbonyl (C=O) groups is 1. The van der Waals surface area contributed by atoms with E-state index in [-0.39, 0.29) is 24.4 Å². The number of alkyl halides is 3. The molecule has 0 unspecified atom stereocenters. The second-order valence-electron chi connectivity index (χ2n) is 7.82. The lowest BCUT2D eigenvalue weighted by Gasteiger charge is -2.13. The monoisotopic (exact) mass is 437 g/mol. The van der Waals surface area contributed by atoms with Crippen LogP contribution >= 0.6 is 0 Å². The van der Waals surface area contributed by atoms with Gasteiger partial charge in [-0.15, -0.1) is 0 Å². The smallest absolute Gasteiger partial charge is 0.352 e. The van der Waals surface area contributed by atoms with Gasteiger partial charge in [-0.3, -0.25) is 4.79 Å². The Hall–Kier alpha value is -3.61. The first-order valence-corrected chi connectivity index (χ1v) is 10.2. The number of benzene rings is 2. The zero-order valence-electron chi connectivity index (χ0n) is 17.7. The van der Waals surface area contributed by atoms with Crippen LogP contribution in [0.5, 0.6) is 0 Å². The molecule has 2 aromatic carbocycles. The molecule has 0 fully saturated rings. The Bertz CT molecular complexity index is 1270. The van der Waals surface area contributed by atoms with E-state index < -0.39 is 11.7 Å². The maximum absolute atomic E-state index is 13.2. The molecule has 2 heterocycles. The van der Waals surface area contributed by atoms with Crippen LogP contribution in [0.1, 0.15) is 27.9 Å². The van der Waals surface area contributed by atoms with Crippen LogP contribution in [-0.2, 0) is 23.9 Å². The zero-order chi connectivity index (χ0) is 22.9. The number of amides is 1. The number of hydrogen-bond donors (Lipinski definition) is 1. The van der Waals surface area contributed by atoms with Gasteiger partial charge in [0, 0.05) is 18.3 Å². The quantitative estimate of drug-likeness (QED) is 0.448. The van der Waals surface area contributed by atoms with Gasteiger partial charge in [0.05, 0.1) is 23.4 Å². The van der Waals surface area contributed by atoms with Gasteiger partial charge in [-0.25, -0.2) is 4.98 Å². The molecule has 0 atom stereocenters. The lowest BCUT2D eigenvalue weighted by molar-refractivity contribution is -0.138. The van der Waals surface area contributed by atoms with Crippen LogP contribution in [0.25, 0.3) is 16.9 Å². The molecule has 164 valence electrons. The third-order valence-corrected chi connectivity index (χ3v) is 5.32. The fraction of sp³-hybridized carbons (Fsp3) is 0.200. The summed E-state index contributed by atoms with van der Waals surface area (Å²) in [6.07, 6.45) is -2.58. The summed E-state index contributed by atoms with van der Waals surface area (Å²) < 4.78 is 41.6. The first kappa shape index (κ1) is 21.6. The van der Waals surface area contributed by atoms with Crippen LogP contribution in [0.3, 0.4) is 0 Å². The lowest BCUT2D eigenvalue weighted by Crippen LogP contribution is -2.26. The molecule has 1 N–H and O–H groups in total. The SMILES string of the molecule is Cc1ccc(-c2nc3ccc(C)cn3c2CC(=O)NCc2ccccc2C(F)(F)F)cc1. The van der Waals surface area contributed by atoms with Crippen LogP contribution in [-0.4, -0.2) is 15.3 Å². The van der Waals surface area contributed by atoms with Crippen molar-refractivity contribution in [1.29, 1.82) is 0 Å². The molecule has 0 aliphatic carbocycles. The Kier molecular flexibility index (Phi) is 5.74. The number of pyridine rings is 1. The van der Waals surface area contributed by atoms with E-state index in [4.69, 9.17) is 4.98 Å². The number of imidazole rings is 1. The van der Waals surface area contributed by atoms with E-state index in [1.807, 2.05) is 60.8 Å². The summed E-state index contributed by atoms with van der Waals surface area (Å²) in [5.41, 5.74) is 4.35. The van der Waals surface area contributed by atoms with E-state index in [0.29, 0.717) is 17.0 Å². The van der Waals surface area contributed by atoms with Crippen LogP contribution in [0.4, 0.5) is 13.2 Å². The molecule has 0 bridgehead atoms. The van der Waals surface area contributed by atoms with Crippen molar-refractivity contribution < 1.29 is 18.0 Å². The van der Waals surface area contributed by atoms with E-state index in [9.17, 15) is 18.0 Å². The number of aryl methyl sites for hydroxylation is 2. The standard InChI is InChI=1S/C25H22F3N3O/c1-16-7-10-18(11-8-16)24-21(31-15-17(2)9-12-22(31)30-24)13-23(32)29-14-19-5-3-4-6-20(19)25(26,27)28/h3-12,15H,13-14H2,1-2H3,(H,29,32). The van der Waals surface area contributed by atoms with E-state index in [0.717, 1.165) is 22.8 Å². The molecule has 4 nitrogen and oxygen atoms in total. The number of halogens is 3. The number of rotatable bonds is 5. The summed E-state index contributed by atoms with van der Waals surface area (Å²) in [4.78, 5) is 17.5. The largest absolute Gasteiger partial charge is 0.416 e. The van der Waals surface area contributed by atoms with Gasteiger partial charge in [-0.05, 0) is 37.1 Å². The third-order valence-electron chi connectivity index (χ3n) is 5.32. The molecule has 0 radical (unpaired) electrons. The molecule has 7 heteroatoms.